The third-order valence-electron chi connectivity index (χ3n) is 4.49. The zero-order chi connectivity index (χ0) is 15.7. The maximum Gasteiger partial charge on any atom is 0.223 e. The molecule has 2 aliphatic heterocycles. The summed E-state index contributed by atoms with van der Waals surface area (Å²) in [5, 5.41) is 0. The van der Waals surface area contributed by atoms with Crippen molar-refractivity contribution in [1.29, 1.82) is 0 Å². The van der Waals surface area contributed by atoms with Crippen molar-refractivity contribution in [1.82, 2.24) is 14.9 Å². The number of anilines is 1. The first kappa shape index (κ1) is 15.3. The molecule has 0 radical (unpaired) electrons. The van der Waals surface area contributed by atoms with Crippen LogP contribution in [-0.2, 0) is 17.8 Å². The average Bonchev–Trinajstić information content (AvgIpc) is 2.99. The van der Waals surface area contributed by atoms with Crippen molar-refractivity contribution in [2.45, 2.75) is 53.0 Å². The Hall–Kier alpha value is -1.65. The summed E-state index contributed by atoms with van der Waals surface area (Å²) in [7, 11) is 0. The summed E-state index contributed by atoms with van der Waals surface area (Å²) < 4.78 is 0. The van der Waals surface area contributed by atoms with Gasteiger partial charge in [-0.15, -0.1) is 0 Å². The van der Waals surface area contributed by atoms with Crippen molar-refractivity contribution in [3.8, 4) is 0 Å². The fraction of sp³-hybridized carbons (Fsp3) is 0.706. The maximum absolute atomic E-state index is 12.4. The van der Waals surface area contributed by atoms with Crippen LogP contribution in [-0.4, -0.2) is 40.4 Å². The van der Waals surface area contributed by atoms with Crippen molar-refractivity contribution in [2.24, 2.45) is 5.92 Å². The lowest BCUT2D eigenvalue weighted by molar-refractivity contribution is -0.132. The molecule has 3 heterocycles. The molecular formula is C17H26N4O. The molecule has 22 heavy (non-hydrogen) atoms. The van der Waals surface area contributed by atoms with Crippen LogP contribution in [0.2, 0.25) is 0 Å². The molecule has 2 aliphatic rings. The number of nitrogens with zero attached hydrogens (tertiary/aromatic N) is 4. The molecule has 0 bridgehead atoms. The van der Waals surface area contributed by atoms with E-state index in [1.165, 1.54) is 18.4 Å². The van der Waals surface area contributed by atoms with Crippen LogP contribution in [0.15, 0.2) is 0 Å². The molecule has 0 spiro atoms. The van der Waals surface area contributed by atoms with E-state index in [9.17, 15) is 4.79 Å². The van der Waals surface area contributed by atoms with E-state index in [2.05, 4.69) is 23.7 Å². The highest BCUT2D eigenvalue weighted by Gasteiger charge is 2.28. The molecule has 3 rings (SSSR count). The van der Waals surface area contributed by atoms with Gasteiger partial charge in [-0.25, -0.2) is 9.97 Å². The smallest absolute Gasteiger partial charge is 0.223 e. The quantitative estimate of drug-likeness (QED) is 0.860. The minimum Gasteiger partial charge on any atom is -0.356 e. The van der Waals surface area contributed by atoms with Gasteiger partial charge in [0.15, 0.2) is 0 Å². The maximum atomic E-state index is 12.4. The molecule has 1 aromatic rings. The average molecular weight is 302 g/mol. The van der Waals surface area contributed by atoms with E-state index in [-0.39, 0.29) is 5.91 Å². The van der Waals surface area contributed by atoms with Crippen LogP contribution in [0.3, 0.4) is 0 Å². The third kappa shape index (κ3) is 3.08. The minimum absolute atomic E-state index is 0.258. The van der Waals surface area contributed by atoms with E-state index in [0.29, 0.717) is 18.9 Å². The summed E-state index contributed by atoms with van der Waals surface area (Å²) in [5.41, 5.74) is 2.32. The molecule has 0 aromatic carbocycles. The van der Waals surface area contributed by atoms with Crippen molar-refractivity contribution < 1.29 is 4.79 Å². The molecule has 0 N–H and O–H groups in total. The van der Waals surface area contributed by atoms with Gasteiger partial charge in [0.1, 0.15) is 11.6 Å². The van der Waals surface area contributed by atoms with Gasteiger partial charge in [-0.1, -0.05) is 13.8 Å². The molecule has 1 amide bonds. The summed E-state index contributed by atoms with van der Waals surface area (Å²) in [6.45, 7) is 9.76. The molecule has 1 saturated heterocycles. The van der Waals surface area contributed by atoms with E-state index < -0.39 is 0 Å². The Kier molecular flexibility index (Phi) is 4.32. The van der Waals surface area contributed by atoms with E-state index in [4.69, 9.17) is 4.98 Å². The highest BCUT2D eigenvalue weighted by atomic mass is 16.2. The Labute approximate surface area is 132 Å². The van der Waals surface area contributed by atoms with Gasteiger partial charge in [-0.3, -0.25) is 4.79 Å². The van der Waals surface area contributed by atoms with Gasteiger partial charge in [0.2, 0.25) is 5.91 Å². The summed E-state index contributed by atoms with van der Waals surface area (Å²) in [6.07, 6.45) is 3.94. The Bertz CT molecular complexity index is 564. The zero-order valence-corrected chi connectivity index (χ0v) is 13.9. The van der Waals surface area contributed by atoms with Crippen LogP contribution >= 0.6 is 0 Å². The lowest BCUT2D eigenvalue weighted by Gasteiger charge is -2.32. The number of amides is 1. The number of rotatable bonds is 3. The molecule has 5 nitrogen and oxygen atoms in total. The standard InChI is InChI=1S/C17H26N4O/c1-12(2)10-16(22)21-9-6-15-14(11-21)17(19-13(3)18-15)20-7-4-5-8-20/h12H,4-11H2,1-3H3. The van der Waals surface area contributed by atoms with Crippen molar-refractivity contribution in [2.75, 3.05) is 24.5 Å². The predicted molar refractivity (Wildman–Crippen MR) is 86.8 cm³/mol. The van der Waals surface area contributed by atoms with Crippen LogP contribution in [0, 0.1) is 12.8 Å². The van der Waals surface area contributed by atoms with Gasteiger partial charge in [0.25, 0.3) is 0 Å². The number of hydrogen-bond acceptors (Lipinski definition) is 4. The van der Waals surface area contributed by atoms with E-state index in [0.717, 1.165) is 43.4 Å². The molecular weight excluding hydrogens is 276 g/mol. The monoisotopic (exact) mass is 302 g/mol. The molecule has 0 atom stereocenters. The third-order valence-corrected chi connectivity index (χ3v) is 4.49. The number of carbonyl (C=O) groups is 1. The van der Waals surface area contributed by atoms with E-state index in [1.807, 2.05) is 11.8 Å². The Morgan fingerprint density at radius 1 is 1.18 bits per heavy atom. The number of aromatic nitrogens is 2. The summed E-state index contributed by atoms with van der Waals surface area (Å²) in [4.78, 5) is 26.1. The molecule has 1 aromatic heterocycles. The molecule has 0 saturated carbocycles. The first-order chi connectivity index (χ1) is 10.5. The Morgan fingerprint density at radius 2 is 1.91 bits per heavy atom. The lowest BCUT2D eigenvalue weighted by atomic mass is 10.0. The van der Waals surface area contributed by atoms with Crippen molar-refractivity contribution in [3.05, 3.63) is 17.1 Å². The second-order valence-electron chi connectivity index (χ2n) is 6.88. The van der Waals surface area contributed by atoms with Crippen LogP contribution in [0.4, 0.5) is 5.82 Å². The number of aryl methyl sites for hydroxylation is 1. The first-order valence-corrected chi connectivity index (χ1v) is 8.43. The molecule has 120 valence electrons. The van der Waals surface area contributed by atoms with Gasteiger partial charge in [0.05, 0.1) is 12.2 Å². The Morgan fingerprint density at radius 3 is 2.59 bits per heavy atom. The van der Waals surface area contributed by atoms with Gasteiger partial charge < -0.3 is 9.80 Å². The van der Waals surface area contributed by atoms with Crippen molar-refractivity contribution in [3.63, 3.8) is 0 Å². The van der Waals surface area contributed by atoms with E-state index >= 15 is 0 Å². The molecule has 0 unspecified atom stereocenters. The van der Waals surface area contributed by atoms with Gasteiger partial charge >= 0.3 is 0 Å². The summed E-state index contributed by atoms with van der Waals surface area (Å²) in [5.74, 6) is 2.58. The predicted octanol–water partition coefficient (Wildman–Crippen LogP) is 2.32. The largest absolute Gasteiger partial charge is 0.356 e. The van der Waals surface area contributed by atoms with Gasteiger partial charge in [0, 0.05) is 38.0 Å². The molecule has 0 aliphatic carbocycles. The topological polar surface area (TPSA) is 49.3 Å². The van der Waals surface area contributed by atoms with Crippen LogP contribution in [0.25, 0.3) is 0 Å². The number of carbonyl (C=O) groups excluding carboxylic acids is 1. The van der Waals surface area contributed by atoms with Crippen LogP contribution < -0.4 is 4.90 Å². The number of hydrogen-bond donors (Lipinski definition) is 0. The zero-order valence-electron chi connectivity index (χ0n) is 13.9. The Balaban J connectivity index is 1.86. The SMILES string of the molecule is Cc1nc2c(c(N3CCCC3)n1)CN(C(=O)CC(C)C)CC2. The summed E-state index contributed by atoms with van der Waals surface area (Å²) >= 11 is 0. The highest BCUT2D eigenvalue weighted by molar-refractivity contribution is 5.77. The number of fused-ring (bicyclic) bond motifs is 1. The van der Waals surface area contributed by atoms with Crippen LogP contribution in [0.1, 0.15) is 50.2 Å². The highest BCUT2D eigenvalue weighted by Crippen LogP contribution is 2.29. The summed E-state index contributed by atoms with van der Waals surface area (Å²) in [6, 6.07) is 0. The second-order valence-corrected chi connectivity index (χ2v) is 6.88. The molecule has 1 fully saturated rings. The molecule has 5 heteroatoms. The van der Waals surface area contributed by atoms with Gasteiger partial charge in [-0.2, -0.15) is 0 Å². The normalized spacial score (nSPS) is 18.0. The fourth-order valence-corrected chi connectivity index (χ4v) is 3.40. The van der Waals surface area contributed by atoms with Gasteiger partial charge in [-0.05, 0) is 25.7 Å². The van der Waals surface area contributed by atoms with E-state index in [1.54, 1.807) is 0 Å². The minimum atomic E-state index is 0.258. The first-order valence-electron chi connectivity index (χ1n) is 8.43. The lowest BCUT2D eigenvalue weighted by Crippen LogP contribution is -2.38. The van der Waals surface area contributed by atoms with Crippen LogP contribution in [0.5, 0.6) is 0 Å². The van der Waals surface area contributed by atoms with Crippen molar-refractivity contribution >= 4 is 11.7 Å². The fourth-order valence-electron chi connectivity index (χ4n) is 3.40. The second kappa shape index (κ2) is 6.23.